The molecule has 0 saturated heterocycles. The maximum atomic E-state index is 7.21. The SMILES string of the molecule is c1ccc(-c2ccccc2N(c2ccccc2)c2cc3c4c(c2)Sc2cc5c(cc2B4c2ccccc2O3)B2c3ccccc3N(c3ccccc3)c3cc(N(c4ccccc4)c4ccccc4)cc(c32)N5c2ccccc2-c2ccccc2)cc1. The van der Waals surface area contributed by atoms with Gasteiger partial charge >= 0.3 is 0 Å². The van der Waals surface area contributed by atoms with Crippen molar-refractivity contribution >= 4 is 126 Å². The first kappa shape index (κ1) is 49.9. The minimum Gasteiger partial charge on any atom is -0.458 e. The quantitative estimate of drug-likeness (QED) is 0.126. The Morgan fingerprint density at radius 3 is 1.47 bits per heavy atom. The van der Waals surface area contributed by atoms with Crippen LogP contribution in [0.3, 0.4) is 0 Å². The van der Waals surface area contributed by atoms with E-state index in [4.69, 9.17) is 4.74 Å². The average Bonchev–Trinajstić information content (AvgIpc) is 0.728. The van der Waals surface area contributed by atoms with Gasteiger partial charge in [0.05, 0.1) is 22.7 Å². The van der Waals surface area contributed by atoms with E-state index < -0.39 is 0 Å². The van der Waals surface area contributed by atoms with Crippen LogP contribution in [0.25, 0.3) is 22.3 Å². The van der Waals surface area contributed by atoms with Gasteiger partial charge in [-0.2, -0.15) is 0 Å². The van der Waals surface area contributed by atoms with Crippen LogP contribution in [0, 0.1) is 0 Å². The van der Waals surface area contributed by atoms with E-state index in [2.05, 4.69) is 335 Å². The third-order valence-electron chi connectivity index (χ3n) is 17.5. The first-order valence-electron chi connectivity index (χ1n) is 29.5. The lowest BCUT2D eigenvalue weighted by atomic mass is 9.31. The summed E-state index contributed by atoms with van der Waals surface area (Å²) < 4.78 is 7.21. The molecule has 0 aromatic heterocycles. The molecule has 5 nitrogen and oxygen atoms in total. The van der Waals surface area contributed by atoms with Crippen molar-refractivity contribution in [3.05, 3.63) is 315 Å². The molecule has 86 heavy (non-hydrogen) atoms. The van der Waals surface area contributed by atoms with Crippen LogP contribution in [0.5, 0.6) is 11.5 Å². The Bertz CT molecular complexity index is 4710. The van der Waals surface area contributed by atoms with Crippen LogP contribution in [0.1, 0.15) is 0 Å². The zero-order chi connectivity index (χ0) is 56.7. The van der Waals surface area contributed by atoms with Gasteiger partial charge in [0.2, 0.25) is 0 Å². The van der Waals surface area contributed by atoms with Gasteiger partial charge < -0.3 is 24.3 Å². The molecule has 17 rings (SSSR count). The predicted octanol–water partition coefficient (Wildman–Crippen LogP) is 17.1. The number of hydrogen-bond acceptors (Lipinski definition) is 6. The topological polar surface area (TPSA) is 22.2 Å². The number of ether oxygens (including phenoxy) is 1. The molecule has 8 heteroatoms. The Balaban J connectivity index is 0.947. The summed E-state index contributed by atoms with van der Waals surface area (Å²) in [5.74, 6) is 1.75. The highest BCUT2D eigenvalue weighted by atomic mass is 32.2. The summed E-state index contributed by atoms with van der Waals surface area (Å²) in [7, 11) is 0. The average molecular weight is 1110 g/mol. The summed E-state index contributed by atoms with van der Waals surface area (Å²) in [5.41, 5.74) is 25.2. The second kappa shape index (κ2) is 20.6. The normalized spacial score (nSPS) is 12.8. The van der Waals surface area contributed by atoms with Crippen molar-refractivity contribution in [1.82, 2.24) is 0 Å². The molecule has 402 valence electrons. The molecule has 0 aliphatic carbocycles. The molecule has 13 aromatic carbocycles. The van der Waals surface area contributed by atoms with Crippen molar-refractivity contribution in [3.63, 3.8) is 0 Å². The van der Waals surface area contributed by atoms with Crippen molar-refractivity contribution in [1.29, 1.82) is 0 Å². The molecule has 0 atom stereocenters. The van der Waals surface area contributed by atoms with E-state index in [1.165, 1.54) is 42.6 Å². The van der Waals surface area contributed by atoms with E-state index in [-0.39, 0.29) is 13.4 Å². The van der Waals surface area contributed by atoms with Gasteiger partial charge in [0.1, 0.15) is 11.5 Å². The standard InChI is InChI=1S/C78H52B2N4OS/c1-7-27-53(28-8-1)61-39-19-23-43-67(61)82(57-35-15-5-16-36-57)60-49-74-78-76(50-60)86-75-52-70-65(51-66(75)80(78)64-42-22-26-46-73(64)85-74)79-63-41-21-25-45-69(63)83(58-37-17-6-18-38-58)71-47-59(81(55-31-11-3-12-32-55)56-33-13-4-14-34-56)48-72(77(71)79)84(70)68-44-24-20-40-62(68)54-29-9-2-10-30-54/h1-52H. The third kappa shape index (κ3) is 8.12. The molecule has 4 aliphatic rings. The van der Waals surface area contributed by atoms with Crippen LogP contribution in [-0.4, -0.2) is 13.4 Å². The maximum absolute atomic E-state index is 7.21. The number of para-hydroxylation sites is 8. The molecule has 13 aromatic rings. The van der Waals surface area contributed by atoms with Gasteiger partial charge in [-0.15, -0.1) is 0 Å². The van der Waals surface area contributed by atoms with E-state index in [0.717, 1.165) is 102 Å². The van der Waals surface area contributed by atoms with E-state index in [1.807, 2.05) is 11.8 Å². The summed E-state index contributed by atoms with van der Waals surface area (Å²) >= 11 is 1.86. The van der Waals surface area contributed by atoms with E-state index in [9.17, 15) is 0 Å². The number of rotatable bonds is 10. The second-order valence-corrected chi connectivity index (χ2v) is 23.4. The minimum absolute atomic E-state index is 0.111. The van der Waals surface area contributed by atoms with E-state index >= 15 is 0 Å². The number of fused-ring (bicyclic) bond motifs is 8. The Morgan fingerprint density at radius 1 is 0.291 bits per heavy atom. The van der Waals surface area contributed by atoms with E-state index in [1.54, 1.807) is 0 Å². The molecular formula is C78H52B2N4OS. The highest BCUT2D eigenvalue weighted by Gasteiger charge is 2.47. The predicted molar refractivity (Wildman–Crippen MR) is 362 cm³/mol. The number of nitrogens with zero attached hydrogens (tertiary/aromatic N) is 4. The van der Waals surface area contributed by atoms with Crippen molar-refractivity contribution in [2.24, 2.45) is 0 Å². The largest absolute Gasteiger partial charge is 0.458 e. The lowest BCUT2D eigenvalue weighted by Gasteiger charge is -2.46. The van der Waals surface area contributed by atoms with Crippen molar-refractivity contribution in [2.75, 3.05) is 19.6 Å². The van der Waals surface area contributed by atoms with Crippen molar-refractivity contribution < 1.29 is 4.74 Å². The highest BCUT2D eigenvalue weighted by Crippen LogP contribution is 2.52. The smallest absolute Gasteiger partial charge is 0.253 e. The Kier molecular flexibility index (Phi) is 12.0. The summed E-state index contributed by atoms with van der Waals surface area (Å²) in [5, 5.41) is 0. The van der Waals surface area contributed by atoms with Gasteiger partial charge in [0, 0.05) is 72.5 Å². The lowest BCUT2D eigenvalue weighted by molar-refractivity contribution is 0.486. The zero-order valence-corrected chi connectivity index (χ0v) is 47.6. The molecule has 4 aliphatic heterocycles. The monoisotopic (exact) mass is 1110 g/mol. The van der Waals surface area contributed by atoms with Crippen LogP contribution in [0.4, 0.5) is 68.2 Å². The van der Waals surface area contributed by atoms with Gasteiger partial charge in [-0.25, -0.2) is 0 Å². The molecule has 0 fully saturated rings. The zero-order valence-electron chi connectivity index (χ0n) is 46.8. The molecule has 0 N–H and O–H groups in total. The minimum atomic E-state index is -0.139. The maximum Gasteiger partial charge on any atom is 0.253 e. The number of benzene rings is 13. The Morgan fingerprint density at radius 2 is 0.791 bits per heavy atom. The van der Waals surface area contributed by atoms with Gasteiger partial charge in [0.15, 0.2) is 0 Å². The fraction of sp³-hybridized carbons (Fsp3) is 0. The molecule has 0 bridgehead atoms. The summed E-state index contributed by atoms with van der Waals surface area (Å²) in [6.45, 7) is -0.249. The van der Waals surface area contributed by atoms with Gasteiger partial charge in [-0.05, 0) is 136 Å². The van der Waals surface area contributed by atoms with Gasteiger partial charge in [0.25, 0.3) is 13.4 Å². The number of hydrogen-bond donors (Lipinski definition) is 0. The molecule has 0 amide bonds. The number of anilines is 12. The molecule has 0 saturated carbocycles. The second-order valence-electron chi connectivity index (χ2n) is 22.3. The Labute approximate surface area is 506 Å². The van der Waals surface area contributed by atoms with E-state index in [0.29, 0.717) is 0 Å². The first-order chi connectivity index (χ1) is 42.7. The van der Waals surface area contributed by atoms with Crippen LogP contribution in [0.2, 0.25) is 0 Å². The molecule has 4 heterocycles. The lowest BCUT2D eigenvalue weighted by Crippen LogP contribution is -2.64. The summed E-state index contributed by atoms with van der Waals surface area (Å²) in [4.78, 5) is 12.3. The highest BCUT2D eigenvalue weighted by molar-refractivity contribution is 8.00. The van der Waals surface area contributed by atoms with Crippen molar-refractivity contribution in [2.45, 2.75) is 9.79 Å². The molecule has 0 spiro atoms. The summed E-state index contributed by atoms with van der Waals surface area (Å²) in [6.07, 6.45) is 0. The van der Waals surface area contributed by atoms with Crippen LogP contribution >= 0.6 is 11.8 Å². The molecular weight excluding hydrogens is 1060 g/mol. The Hall–Kier alpha value is -10.7. The van der Waals surface area contributed by atoms with Gasteiger partial charge in [-0.1, -0.05) is 230 Å². The fourth-order valence-corrected chi connectivity index (χ4v) is 15.1. The molecule has 0 unspecified atom stereocenters. The van der Waals surface area contributed by atoms with Crippen LogP contribution < -0.4 is 57.1 Å². The van der Waals surface area contributed by atoms with Crippen LogP contribution in [-0.2, 0) is 0 Å². The van der Waals surface area contributed by atoms with Crippen LogP contribution in [0.15, 0.2) is 325 Å². The van der Waals surface area contributed by atoms with Crippen molar-refractivity contribution in [3.8, 4) is 33.8 Å². The van der Waals surface area contributed by atoms with Gasteiger partial charge in [-0.3, -0.25) is 0 Å². The first-order valence-corrected chi connectivity index (χ1v) is 30.3. The molecule has 0 radical (unpaired) electrons. The fourth-order valence-electron chi connectivity index (χ4n) is 13.9. The third-order valence-corrected chi connectivity index (χ3v) is 18.6. The summed E-state index contributed by atoms with van der Waals surface area (Å²) in [6, 6.07) is 115.